The lowest BCUT2D eigenvalue weighted by molar-refractivity contribution is 0.171. The molecule has 1 saturated heterocycles. The van der Waals surface area contributed by atoms with Crippen molar-refractivity contribution in [3.63, 3.8) is 0 Å². The predicted octanol–water partition coefficient (Wildman–Crippen LogP) is 2.03. The summed E-state index contributed by atoms with van der Waals surface area (Å²) in [6, 6.07) is 5.96. The number of methoxy groups -OCH3 is 2. The lowest BCUT2D eigenvalue weighted by Gasteiger charge is -2.36. The van der Waals surface area contributed by atoms with E-state index in [0.29, 0.717) is 0 Å². The second-order valence-electron chi connectivity index (χ2n) is 5.52. The van der Waals surface area contributed by atoms with Crippen molar-refractivity contribution in [3.8, 4) is 11.5 Å². The number of benzene rings is 1. The highest BCUT2D eigenvalue weighted by Crippen LogP contribution is 2.25. The standard InChI is InChI=1S/C17H28N4O2.HI/c1-5-19-17(18-2)21-10-8-20(9-11-21)13-14-12-15(22-3)6-7-16(14)23-4;/h6-7,12H,5,8-11,13H2,1-4H3,(H,18,19);1H. The van der Waals surface area contributed by atoms with Gasteiger partial charge in [-0.2, -0.15) is 0 Å². The Balaban J connectivity index is 0.00000288. The van der Waals surface area contributed by atoms with Crippen LogP contribution in [0.3, 0.4) is 0 Å². The summed E-state index contributed by atoms with van der Waals surface area (Å²) in [4.78, 5) is 9.08. The highest BCUT2D eigenvalue weighted by Gasteiger charge is 2.20. The number of hydrogen-bond donors (Lipinski definition) is 1. The summed E-state index contributed by atoms with van der Waals surface area (Å²) in [5, 5.41) is 3.32. The first kappa shape index (κ1) is 20.8. The molecule has 1 aromatic carbocycles. The number of nitrogens with zero attached hydrogens (tertiary/aromatic N) is 3. The van der Waals surface area contributed by atoms with Crippen LogP contribution in [0.2, 0.25) is 0 Å². The number of hydrogen-bond acceptors (Lipinski definition) is 4. The summed E-state index contributed by atoms with van der Waals surface area (Å²) >= 11 is 0. The van der Waals surface area contributed by atoms with Gasteiger partial charge in [-0.3, -0.25) is 9.89 Å². The second-order valence-corrected chi connectivity index (χ2v) is 5.52. The average molecular weight is 448 g/mol. The molecule has 1 heterocycles. The van der Waals surface area contributed by atoms with Crippen LogP contribution in [0.15, 0.2) is 23.2 Å². The van der Waals surface area contributed by atoms with E-state index in [2.05, 4.69) is 33.1 Å². The Morgan fingerprint density at radius 3 is 2.42 bits per heavy atom. The quantitative estimate of drug-likeness (QED) is 0.425. The molecule has 136 valence electrons. The van der Waals surface area contributed by atoms with Crippen molar-refractivity contribution in [2.75, 3.05) is 54.0 Å². The fraction of sp³-hybridized carbons (Fsp3) is 0.588. The van der Waals surface area contributed by atoms with Crippen LogP contribution in [0.25, 0.3) is 0 Å². The highest BCUT2D eigenvalue weighted by atomic mass is 127. The van der Waals surface area contributed by atoms with Crippen molar-refractivity contribution in [1.29, 1.82) is 0 Å². The minimum absolute atomic E-state index is 0. The fourth-order valence-corrected chi connectivity index (χ4v) is 2.85. The van der Waals surface area contributed by atoms with Gasteiger partial charge in [0.1, 0.15) is 11.5 Å². The summed E-state index contributed by atoms with van der Waals surface area (Å²) in [6.45, 7) is 7.83. The molecule has 0 atom stereocenters. The first-order chi connectivity index (χ1) is 11.2. The van der Waals surface area contributed by atoms with Gasteiger partial charge in [-0.1, -0.05) is 0 Å². The topological polar surface area (TPSA) is 49.3 Å². The zero-order valence-electron chi connectivity index (χ0n) is 15.0. The number of nitrogens with one attached hydrogen (secondary N) is 1. The van der Waals surface area contributed by atoms with Crippen molar-refractivity contribution in [2.24, 2.45) is 4.99 Å². The summed E-state index contributed by atoms with van der Waals surface area (Å²) in [7, 11) is 5.24. The van der Waals surface area contributed by atoms with Crippen LogP contribution < -0.4 is 14.8 Å². The Kier molecular flexibility index (Phi) is 9.20. The van der Waals surface area contributed by atoms with E-state index < -0.39 is 0 Å². The summed E-state index contributed by atoms with van der Waals surface area (Å²) < 4.78 is 10.8. The van der Waals surface area contributed by atoms with Crippen LogP contribution in [0.4, 0.5) is 0 Å². The Morgan fingerprint density at radius 2 is 1.88 bits per heavy atom. The maximum Gasteiger partial charge on any atom is 0.193 e. The molecule has 0 aliphatic carbocycles. The van der Waals surface area contributed by atoms with Crippen LogP contribution in [-0.2, 0) is 6.54 Å². The molecule has 2 rings (SSSR count). The van der Waals surface area contributed by atoms with E-state index in [1.807, 2.05) is 19.2 Å². The summed E-state index contributed by atoms with van der Waals surface area (Å²) in [5.41, 5.74) is 1.16. The smallest absolute Gasteiger partial charge is 0.193 e. The monoisotopic (exact) mass is 448 g/mol. The molecule has 1 fully saturated rings. The molecule has 0 unspecified atom stereocenters. The predicted molar refractivity (Wildman–Crippen MR) is 109 cm³/mol. The van der Waals surface area contributed by atoms with E-state index in [-0.39, 0.29) is 24.0 Å². The first-order valence-corrected chi connectivity index (χ1v) is 8.10. The Labute approximate surface area is 162 Å². The van der Waals surface area contributed by atoms with Gasteiger partial charge in [-0.05, 0) is 25.1 Å². The van der Waals surface area contributed by atoms with E-state index in [4.69, 9.17) is 9.47 Å². The summed E-state index contributed by atoms with van der Waals surface area (Å²) in [6.07, 6.45) is 0. The van der Waals surface area contributed by atoms with Crippen molar-refractivity contribution >= 4 is 29.9 Å². The number of piperazine rings is 1. The number of aliphatic imine (C=N–C) groups is 1. The van der Waals surface area contributed by atoms with Gasteiger partial charge in [-0.25, -0.2) is 0 Å². The zero-order valence-corrected chi connectivity index (χ0v) is 17.4. The molecule has 1 aliphatic heterocycles. The third-order valence-electron chi connectivity index (χ3n) is 4.10. The van der Waals surface area contributed by atoms with Gasteiger partial charge in [0.05, 0.1) is 14.2 Å². The van der Waals surface area contributed by atoms with Crippen LogP contribution in [-0.4, -0.2) is 69.8 Å². The van der Waals surface area contributed by atoms with E-state index in [9.17, 15) is 0 Å². The van der Waals surface area contributed by atoms with Crippen LogP contribution >= 0.6 is 24.0 Å². The molecule has 1 aliphatic rings. The van der Waals surface area contributed by atoms with Crippen molar-refractivity contribution in [2.45, 2.75) is 13.5 Å². The number of guanidine groups is 1. The third kappa shape index (κ3) is 5.41. The fourth-order valence-electron chi connectivity index (χ4n) is 2.85. The average Bonchev–Trinajstić information content (AvgIpc) is 2.60. The molecule has 0 saturated carbocycles. The number of rotatable bonds is 5. The van der Waals surface area contributed by atoms with Gasteiger partial charge in [-0.15, -0.1) is 24.0 Å². The Hall–Kier alpha value is -1.22. The maximum absolute atomic E-state index is 5.47. The molecule has 0 radical (unpaired) electrons. The minimum Gasteiger partial charge on any atom is -0.497 e. The largest absolute Gasteiger partial charge is 0.497 e. The molecule has 0 bridgehead atoms. The molecule has 0 amide bonds. The minimum atomic E-state index is 0. The maximum atomic E-state index is 5.47. The molecule has 0 aromatic heterocycles. The molecule has 24 heavy (non-hydrogen) atoms. The van der Waals surface area contributed by atoms with E-state index in [1.54, 1.807) is 14.2 Å². The van der Waals surface area contributed by atoms with E-state index in [0.717, 1.165) is 62.3 Å². The molecule has 1 aromatic rings. The van der Waals surface area contributed by atoms with Crippen LogP contribution in [0.1, 0.15) is 12.5 Å². The van der Waals surface area contributed by atoms with Gasteiger partial charge in [0.25, 0.3) is 0 Å². The lowest BCUT2D eigenvalue weighted by atomic mass is 10.1. The number of ether oxygens (including phenoxy) is 2. The van der Waals surface area contributed by atoms with Gasteiger partial charge in [0, 0.05) is 51.9 Å². The number of halogens is 1. The van der Waals surface area contributed by atoms with Gasteiger partial charge < -0.3 is 19.7 Å². The van der Waals surface area contributed by atoms with Crippen LogP contribution in [0, 0.1) is 0 Å². The third-order valence-corrected chi connectivity index (χ3v) is 4.10. The van der Waals surface area contributed by atoms with Gasteiger partial charge >= 0.3 is 0 Å². The molecule has 1 N–H and O–H groups in total. The first-order valence-electron chi connectivity index (χ1n) is 8.10. The van der Waals surface area contributed by atoms with Gasteiger partial charge in [0.15, 0.2) is 5.96 Å². The van der Waals surface area contributed by atoms with Crippen molar-refractivity contribution < 1.29 is 9.47 Å². The second kappa shape index (κ2) is 10.6. The normalized spacial score (nSPS) is 15.7. The van der Waals surface area contributed by atoms with Crippen molar-refractivity contribution in [3.05, 3.63) is 23.8 Å². The Bertz CT molecular complexity index is 531. The summed E-state index contributed by atoms with van der Waals surface area (Å²) in [5.74, 6) is 2.77. The molecular weight excluding hydrogens is 419 g/mol. The molecule has 6 nitrogen and oxygen atoms in total. The Morgan fingerprint density at radius 1 is 1.17 bits per heavy atom. The SMILES string of the molecule is CCNC(=NC)N1CCN(Cc2cc(OC)ccc2OC)CC1.I. The van der Waals surface area contributed by atoms with E-state index >= 15 is 0 Å². The highest BCUT2D eigenvalue weighted by molar-refractivity contribution is 14.0. The van der Waals surface area contributed by atoms with Crippen molar-refractivity contribution in [1.82, 2.24) is 15.1 Å². The van der Waals surface area contributed by atoms with Crippen LogP contribution in [0.5, 0.6) is 11.5 Å². The molecule has 7 heteroatoms. The lowest BCUT2D eigenvalue weighted by Crippen LogP contribution is -2.52. The van der Waals surface area contributed by atoms with Gasteiger partial charge in [0.2, 0.25) is 0 Å². The van der Waals surface area contributed by atoms with E-state index in [1.165, 1.54) is 0 Å². The molecule has 0 spiro atoms. The zero-order chi connectivity index (χ0) is 16.7. The molecular formula is C17H29IN4O2.